The molecule has 0 fully saturated rings. The highest BCUT2D eigenvalue weighted by atomic mass is 16.3. The van der Waals surface area contributed by atoms with E-state index >= 15 is 0 Å². The fraction of sp³-hybridized carbons (Fsp3) is 0.0714. The van der Waals surface area contributed by atoms with Crippen molar-refractivity contribution in [2.24, 2.45) is 10.8 Å². The van der Waals surface area contributed by atoms with Gasteiger partial charge in [-0.2, -0.15) is 0 Å². The molecule has 6 heteroatoms. The van der Waals surface area contributed by atoms with Gasteiger partial charge in [0, 0.05) is 28.1 Å². The number of rotatable bonds is 4. The largest absolute Gasteiger partial charge is 0.508 e. The van der Waals surface area contributed by atoms with Crippen LogP contribution in [0.5, 0.6) is 5.75 Å². The van der Waals surface area contributed by atoms with Crippen LogP contribution in [-0.4, -0.2) is 11.0 Å². The fourth-order valence-corrected chi connectivity index (χ4v) is 1.93. The van der Waals surface area contributed by atoms with E-state index in [9.17, 15) is 9.90 Å². The predicted octanol–water partition coefficient (Wildman–Crippen LogP) is 3.02. The molecule has 0 atom stereocenters. The topological polar surface area (TPSA) is 112 Å². The monoisotopic (exact) mass is 268 g/mol. The van der Waals surface area contributed by atoms with Crippen LogP contribution in [0.15, 0.2) is 47.6 Å². The summed E-state index contributed by atoms with van der Waals surface area (Å²) >= 11 is 0. The summed E-state index contributed by atoms with van der Waals surface area (Å²) in [6.45, 7) is 0. The van der Waals surface area contributed by atoms with E-state index in [0.717, 1.165) is 5.56 Å². The lowest BCUT2D eigenvalue weighted by atomic mass is 9.98. The molecule has 100 valence electrons. The highest BCUT2D eigenvalue weighted by Crippen LogP contribution is 2.25. The Labute approximate surface area is 115 Å². The maximum absolute atomic E-state index is 11.4. The van der Waals surface area contributed by atoms with Crippen LogP contribution in [0.3, 0.4) is 0 Å². The predicted molar refractivity (Wildman–Crippen MR) is 74.7 cm³/mol. The van der Waals surface area contributed by atoms with Crippen LogP contribution >= 0.6 is 0 Å². The van der Waals surface area contributed by atoms with E-state index in [1.54, 1.807) is 36.4 Å². The van der Waals surface area contributed by atoms with Gasteiger partial charge in [0.15, 0.2) is 0 Å². The maximum Gasteiger partial charge on any atom is 0.249 e. The van der Waals surface area contributed by atoms with Crippen molar-refractivity contribution in [2.45, 2.75) is 6.42 Å². The SMILES string of the molecule is [N-]=[N+]=Nc1ccc(Cc2c(O)cccc2C(N)=O)cc1. The van der Waals surface area contributed by atoms with Crippen LogP contribution < -0.4 is 5.73 Å². The van der Waals surface area contributed by atoms with Gasteiger partial charge in [-0.25, -0.2) is 0 Å². The zero-order chi connectivity index (χ0) is 14.5. The first-order chi connectivity index (χ1) is 9.61. The molecule has 2 aromatic carbocycles. The van der Waals surface area contributed by atoms with Crippen LogP contribution in [-0.2, 0) is 6.42 Å². The van der Waals surface area contributed by atoms with E-state index in [1.165, 1.54) is 6.07 Å². The average molecular weight is 268 g/mol. The summed E-state index contributed by atoms with van der Waals surface area (Å²) in [6, 6.07) is 11.5. The molecule has 2 rings (SSSR count). The number of benzene rings is 2. The second kappa shape index (κ2) is 5.77. The van der Waals surface area contributed by atoms with Gasteiger partial charge in [0.25, 0.3) is 0 Å². The average Bonchev–Trinajstić information content (AvgIpc) is 2.43. The number of phenols is 1. The van der Waals surface area contributed by atoms with Crippen LogP contribution in [0.2, 0.25) is 0 Å². The van der Waals surface area contributed by atoms with Crippen LogP contribution in [0.4, 0.5) is 5.69 Å². The van der Waals surface area contributed by atoms with E-state index in [0.29, 0.717) is 23.2 Å². The summed E-state index contributed by atoms with van der Waals surface area (Å²) < 4.78 is 0. The van der Waals surface area contributed by atoms with Crippen molar-refractivity contribution < 1.29 is 9.90 Å². The molecule has 6 nitrogen and oxygen atoms in total. The lowest BCUT2D eigenvalue weighted by molar-refractivity contribution is 0.0999. The van der Waals surface area contributed by atoms with E-state index in [2.05, 4.69) is 10.0 Å². The van der Waals surface area contributed by atoms with Crippen molar-refractivity contribution in [3.8, 4) is 5.75 Å². The molecule has 0 unspecified atom stereocenters. The zero-order valence-corrected chi connectivity index (χ0v) is 10.5. The van der Waals surface area contributed by atoms with Crippen LogP contribution in [0.1, 0.15) is 21.5 Å². The van der Waals surface area contributed by atoms with Gasteiger partial charge in [-0.15, -0.1) is 0 Å². The van der Waals surface area contributed by atoms with E-state index in [-0.39, 0.29) is 5.75 Å². The number of aromatic hydroxyl groups is 1. The number of phenolic OH excluding ortho intramolecular Hbond substituents is 1. The van der Waals surface area contributed by atoms with Crippen molar-refractivity contribution in [2.75, 3.05) is 0 Å². The molecule has 3 N–H and O–H groups in total. The molecule has 0 radical (unpaired) electrons. The molecule has 0 saturated heterocycles. The molecule has 1 amide bonds. The lowest BCUT2D eigenvalue weighted by Gasteiger charge is -2.09. The second-order valence-electron chi connectivity index (χ2n) is 4.20. The third kappa shape index (κ3) is 2.88. The number of carbonyl (C=O) groups is 1. The van der Waals surface area contributed by atoms with Crippen LogP contribution in [0.25, 0.3) is 10.4 Å². The van der Waals surface area contributed by atoms with E-state index in [1.807, 2.05) is 0 Å². The Bertz CT molecular complexity index is 689. The number of amides is 1. The third-order valence-electron chi connectivity index (χ3n) is 2.89. The molecule has 0 bridgehead atoms. The zero-order valence-electron chi connectivity index (χ0n) is 10.5. The molecule has 20 heavy (non-hydrogen) atoms. The van der Waals surface area contributed by atoms with Gasteiger partial charge >= 0.3 is 0 Å². The molecule has 0 aliphatic carbocycles. The molecule has 0 spiro atoms. The first kappa shape index (κ1) is 13.5. The maximum atomic E-state index is 11.4. The van der Waals surface area contributed by atoms with Crippen molar-refractivity contribution in [1.29, 1.82) is 0 Å². The van der Waals surface area contributed by atoms with Crippen molar-refractivity contribution in [3.63, 3.8) is 0 Å². The Morgan fingerprint density at radius 1 is 1.25 bits per heavy atom. The Morgan fingerprint density at radius 3 is 2.55 bits per heavy atom. The molecule has 0 saturated carbocycles. The molecule has 0 aliphatic rings. The van der Waals surface area contributed by atoms with E-state index in [4.69, 9.17) is 11.3 Å². The minimum atomic E-state index is -0.582. The lowest BCUT2D eigenvalue weighted by Crippen LogP contribution is -2.14. The molecule has 2 aromatic rings. The number of nitrogens with two attached hydrogens (primary N) is 1. The highest BCUT2D eigenvalue weighted by molar-refractivity contribution is 5.95. The Kier molecular flexibility index (Phi) is 3.88. The van der Waals surface area contributed by atoms with Gasteiger partial charge in [0.1, 0.15) is 5.75 Å². The Hall–Kier alpha value is -2.98. The minimum absolute atomic E-state index is 0.0282. The molecular formula is C14H12N4O2. The first-order valence-electron chi connectivity index (χ1n) is 5.86. The van der Waals surface area contributed by atoms with Gasteiger partial charge in [0.2, 0.25) is 5.91 Å². The Balaban J connectivity index is 2.34. The first-order valence-corrected chi connectivity index (χ1v) is 5.86. The standard InChI is InChI=1S/C14H12N4O2/c15-14(20)11-2-1-3-13(19)12(11)8-9-4-6-10(7-5-9)17-18-16/h1-7,19H,8H2,(H2,15,20). The highest BCUT2D eigenvalue weighted by Gasteiger charge is 2.12. The molecular weight excluding hydrogens is 256 g/mol. The number of hydrogen-bond donors (Lipinski definition) is 2. The summed E-state index contributed by atoms with van der Waals surface area (Å²) in [5.41, 5.74) is 15.8. The van der Waals surface area contributed by atoms with Crippen molar-refractivity contribution >= 4 is 11.6 Å². The van der Waals surface area contributed by atoms with E-state index < -0.39 is 5.91 Å². The quantitative estimate of drug-likeness (QED) is 0.504. The number of carbonyl (C=O) groups excluding carboxylic acids is 1. The van der Waals surface area contributed by atoms with Crippen molar-refractivity contribution in [1.82, 2.24) is 0 Å². The fourth-order valence-electron chi connectivity index (χ4n) is 1.93. The second-order valence-corrected chi connectivity index (χ2v) is 4.20. The number of nitrogens with zero attached hydrogens (tertiary/aromatic N) is 3. The molecule has 0 aromatic heterocycles. The molecule has 0 heterocycles. The molecule has 0 aliphatic heterocycles. The normalized spacial score (nSPS) is 9.80. The summed E-state index contributed by atoms with van der Waals surface area (Å²) in [7, 11) is 0. The summed E-state index contributed by atoms with van der Waals surface area (Å²) in [5, 5.41) is 13.3. The van der Waals surface area contributed by atoms with Gasteiger partial charge in [-0.05, 0) is 23.2 Å². The Morgan fingerprint density at radius 2 is 1.95 bits per heavy atom. The summed E-state index contributed by atoms with van der Waals surface area (Å²) in [4.78, 5) is 14.1. The minimum Gasteiger partial charge on any atom is -0.508 e. The third-order valence-corrected chi connectivity index (χ3v) is 2.89. The van der Waals surface area contributed by atoms with Crippen molar-refractivity contribution in [3.05, 3.63) is 69.6 Å². The number of hydrogen-bond acceptors (Lipinski definition) is 3. The van der Waals surface area contributed by atoms with Gasteiger partial charge in [0.05, 0.1) is 0 Å². The number of primary amides is 1. The summed E-state index contributed by atoms with van der Waals surface area (Å²) in [5.74, 6) is -0.554. The van der Waals surface area contributed by atoms with Gasteiger partial charge in [-0.3, -0.25) is 4.79 Å². The number of azide groups is 1. The van der Waals surface area contributed by atoms with Gasteiger partial charge in [-0.1, -0.05) is 35.4 Å². The van der Waals surface area contributed by atoms with Gasteiger partial charge < -0.3 is 10.8 Å². The smallest absolute Gasteiger partial charge is 0.249 e. The van der Waals surface area contributed by atoms with Crippen LogP contribution in [0, 0.1) is 0 Å². The summed E-state index contributed by atoms with van der Waals surface area (Å²) in [6.07, 6.45) is 0.363.